The summed E-state index contributed by atoms with van der Waals surface area (Å²) < 4.78 is 41.8. The molecule has 3 aromatic rings. The third kappa shape index (κ3) is 4.01. The highest BCUT2D eigenvalue weighted by Gasteiger charge is 2.36. The highest BCUT2D eigenvalue weighted by atomic mass is 32.1. The minimum absolute atomic E-state index is 0.0425. The molecule has 0 atom stereocenters. The Labute approximate surface area is 170 Å². The fraction of sp³-hybridized carbons (Fsp3) is 0.450. The quantitative estimate of drug-likeness (QED) is 0.636. The first-order chi connectivity index (χ1) is 13.9. The maximum atomic E-state index is 13.7. The van der Waals surface area contributed by atoms with Gasteiger partial charge in [0.15, 0.2) is 11.3 Å². The minimum Gasteiger partial charge on any atom is -0.349 e. The SMILES string of the molecule is CCc1ccc(-c2cc(C(F)(F)F)n3ncc(C(=O)NC4CCCCC4)c3n2)s1. The fourth-order valence-corrected chi connectivity index (χ4v) is 4.57. The summed E-state index contributed by atoms with van der Waals surface area (Å²) in [6.07, 6.45) is 2.33. The van der Waals surface area contributed by atoms with Crippen molar-refractivity contribution >= 4 is 22.9 Å². The van der Waals surface area contributed by atoms with Gasteiger partial charge in [0.05, 0.1) is 16.8 Å². The van der Waals surface area contributed by atoms with E-state index >= 15 is 0 Å². The predicted molar refractivity (Wildman–Crippen MR) is 105 cm³/mol. The van der Waals surface area contributed by atoms with E-state index in [1.165, 1.54) is 17.5 Å². The molecule has 5 nitrogen and oxygen atoms in total. The van der Waals surface area contributed by atoms with Crippen molar-refractivity contribution in [3.63, 3.8) is 0 Å². The van der Waals surface area contributed by atoms with Crippen LogP contribution < -0.4 is 5.32 Å². The number of nitrogens with one attached hydrogen (secondary N) is 1. The number of aryl methyl sites for hydroxylation is 1. The number of nitrogens with zero attached hydrogens (tertiary/aromatic N) is 3. The van der Waals surface area contributed by atoms with Gasteiger partial charge in [-0.05, 0) is 37.5 Å². The second kappa shape index (κ2) is 7.78. The number of carbonyl (C=O) groups is 1. The number of aromatic nitrogens is 3. The minimum atomic E-state index is -4.62. The van der Waals surface area contributed by atoms with Crippen molar-refractivity contribution in [3.8, 4) is 10.6 Å². The average molecular weight is 422 g/mol. The summed E-state index contributed by atoms with van der Waals surface area (Å²) in [6.45, 7) is 1.98. The molecule has 3 heterocycles. The van der Waals surface area contributed by atoms with Crippen LogP contribution in [0.25, 0.3) is 16.2 Å². The van der Waals surface area contributed by atoms with Gasteiger partial charge in [0.1, 0.15) is 5.56 Å². The molecule has 1 aliphatic rings. The van der Waals surface area contributed by atoms with Crippen LogP contribution in [0.15, 0.2) is 24.4 Å². The van der Waals surface area contributed by atoms with Crippen molar-refractivity contribution in [1.82, 2.24) is 19.9 Å². The van der Waals surface area contributed by atoms with Gasteiger partial charge in [0, 0.05) is 10.9 Å². The van der Waals surface area contributed by atoms with Crippen molar-refractivity contribution in [2.24, 2.45) is 0 Å². The molecule has 0 unspecified atom stereocenters. The zero-order chi connectivity index (χ0) is 20.6. The van der Waals surface area contributed by atoms with Crippen molar-refractivity contribution in [2.75, 3.05) is 0 Å². The summed E-state index contributed by atoms with van der Waals surface area (Å²) in [5, 5.41) is 6.77. The summed E-state index contributed by atoms with van der Waals surface area (Å²) >= 11 is 1.40. The summed E-state index contributed by atoms with van der Waals surface area (Å²) in [4.78, 5) is 18.8. The van der Waals surface area contributed by atoms with Crippen LogP contribution in [0.1, 0.15) is 60.0 Å². The Morgan fingerprint density at radius 2 is 2.03 bits per heavy atom. The third-order valence-electron chi connectivity index (χ3n) is 5.21. The molecule has 0 aromatic carbocycles. The van der Waals surface area contributed by atoms with Gasteiger partial charge in [0.2, 0.25) is 0 Å². The fourth-order valence-electron chi connectivity index (χ4n) is 3.67. The number of rotatable bonds is 4. The number of amides is 1. The van der Waals surface area contributed by atoms with Gasteiger partial charge in [-0.1, -0.05) is 26.2 Å². The van der Waals surface area contributed by atoms with Crippen LogP contribution in [0, 0.1) is 0 Å². The Morgan fingerprint density at radius 3 is 2.69 bits per heavy atom. The van der Waals surface area contributed by atoms with Gasteiger partial charge in [-0.25, -0.2) is 9.50 Å². The number of fused-ring (bicyclic) bond motifs is 1. The molecule has 1 N–H and O–H groups in total. The predicted octanol–water partition coefficient (Wildman–Crippen LogP) is 5.10. The number of alkyl halides is 3. The van der Waals surface area contributed by atoms with E-state index in [1.807, 2.05) is 13.0 Å². The Morgan fingerprint density at radius 1 is 1.28 bits per heavy atom. The lowest BCUT2D eigenvalue weighted by Crippen LogP contribution is -2.36. The molecule has 1 aliphatic carbocycles. The maximum Gasteiger partial charge on any atom is 0.433 e. The van der Waals surface area contributed by atoms with Crippen molar-refractivity contribution in [1.29, 1.82) is 0 Å². The number of thiophene rings is 1. The van der Waals surface area contributed by atoms with Crippen LogP contribution in [0.3, 0.4) is 0 Å². The number of carbonyl (C=O) groups excluding carboxylic acids is 1. The van der Waals surface area contributed by atoms with Crippen molar-refractivity contribution in [3.05, 3.63) is 40.5 Å². The molecule has 0 aliphatic heterocycles. The Kier molecular flexibility index (Phi) is 5.33. The van der Waals surface area contributed by atoms with Crippen molar-refractivity contribution < 1.29 is 18.0 Å². The van der Waals surface area contributed by atoms with Gasteiger partial charge >= 0.3 is 6.18 Å². The lowest BCUT2D eigenvalue weighted by atomic mass is 9.95. The van der Waals surface area contributed by atoms with Crippen LogP contribution in [0.4, 0.5) is 13.2 Å². The second-order valence-electron chi connectivity index (χ2n) is 7.25. The van der Waals surface area contributed by atoms with Gasteiger partial charge in [-0.3, -0.25) is 4.79 Å². The lowest BCUT2D eigenvalue weighted by Gasteiger charge is -2.22. The summed E-state index contributed by atoms with van der Waals surface area (Å²) in [5.41, 5.74) is -0.757. The first-order valence-corrected chi connectivity index (χ1v) is 10.5. The largest absolute Gasteiger partial charge is 0.433 e. The standard InChI is InChI=1S/C20H21F3N4OS/c1-2-13-8-9-16(29-13)15-10-17(20(21,22)23)27-18(26-15)14(11-24-27)19(28)25-12-6-4-3-5-7-12/h8-12H,2-7H2,1H3,(H,25,28). The van der Waals surface area contributed by atoms with E-state index in [1.54, 1.807) is 6.07 Å². The molecule has 0 radical (unpaired) electrons. The Bertz CT molecular complexity index is 1030. The van der Waals surface area contributed by atoms with E-state index in [2.05, 4.69) is 15.4 Å². The van der Waals surface area contributed by atoms with E-state index in [9.17, 15) is 18.0 Å². The first kappa shape index (κ1) is 19.9. The number of halogens is 3. The van der Waals surface area contributed by atoms with E-state index < -0.39 is 17.8 Å². The molecule has 1 fully saturated rings. The van der Waals surface area contributed by atoms with Crippen LogP contribution in [0.5, 0.6) is 0 Å². The molecular formula is C20H21F3N4OS. The average Bonchev–Trinajstić information content (AvgIpc) is 3.34. The molecule has 1 amide bonds. The van der Waals surface area contributed by atoms with Gasteiger partial charge in [-0.15, -0.1) is 11.3 Å². The van der Waals surface area contributed by atoms with E-state index in [-0.39, 0.29) is 22.9 Å². The van der Waals surface area contributed by atoms with E-state index in [0.29, 0.717) is 9.39 Å². The van der Waals surface area contributed by atoms with Crippen molar-refractivity contribution in [2.45, 2.75) is 57.7 Å². The molecule has 1 saturated carbocycles. The normalized spacial score (nSPS) is 15.7. The number of hydrogen-bond donors (Lipinski definition) is 1. The van der Waals surface area contributed by atoms with Crippen LogP contribution >= 0.6 is 11.3 Å². The van der Waals surface area contributed by atoms with Crippen LogP contribution in [0.2, 0.25) is 0 Å². The Balaban J connectivity index is 1.78. The lowest BCUT2D eigenvalue weighted by molar-refractivity contribution is -0.142. The van der Waals surface area contributed by atoms with Gasteiger partial charge in [0.25, 0.3) is 5.91 Å². The highest BCUT2D eigenvalue weighted by Crippen LogP contribution is 2.35. The van der Waals surface area contributed by atoms with Gasteiger partial charge < -0.3 is 5.32 Å². The zero-order valence-corrected chi connectivity index (χ0v) is 16.7. The topological polar surface area (TPSA) is 59.3 Å². The molecule has 0 spiro atoms. The van der Waals surface area contributed by atoms with Crippen LogP contribution in [-0.4, -0.2) is 26.5 Å². The smallest absolute Gasteiger partial charge is 0.349 e. The van der Waals surface area contributed by atoms with Gasteiger partial charge in [-0.2, -0.15) is 18.3 Å². The second-order valence-corrected chi connectivity index (χ2v) is 8.41. The zero-order valence-electron chi connectivity index (χ0n) is 15.9. The molecule has 4 rings (SSSR count). The monoisotopic (exact) mass is 422 g/mol. The molecule has 154 valence electrons. The van der Waals surface area contributed by atoms with E-state index in [0.717, 1.165) is 49.5 Å². The molecule has 29 heavy (non-hydrogen) atoms. The first-order valence-electron chi connectivity index (χ1n) is 9.72. The molecule has 0 saturated heterocycles. The summed E-state index contributed by atoms with van der Waals surface area (Å²) in [7, 11) is 0. The summed E-state index contributed by atoms with van der Waals surface area (Å²) in [6, 6.07) is 4.68. The molecule has 9 heteroatoms. The van der Waals surface area contributed by atoms with E-state index in [4.69, 9.17) is 0 Å². The number of hydrogen-bond acceptors (Lipinski definition) is 4. The molecule has 3 aromatic heterocycles. The highest BCUT2D eigenvalue weighted by molar-refractivity contribution is 7.15. The van der Waals surface area contributed by atoms with Crippen LogP contribution in [-0.2, 0) is 12.6 Å². The Hall–Kier alpha value is -2.42. The molecule has 0 bridgehead atoms. The third-order valence-corrected chi connectivity index (χ3v) is 6.46. The maximum absolute atomic E-state index is 13.7. The summed E-state index contributed by atoms with van der Waals surface area (Å²) in [5.74, 6) is -0.426. The molecular weight excluding hydrogens is 401 g/mol.